The third-order valence-electron chi connectivity index (χ3n) is 6.76. The molecule has 0 bridgehead atoms. The number of hydrogen-bond donors (Lipinski definition) is 3. The fraction of sp³-hybridized carbons (Fsp3) is 0.185. The topological polar surface area (TPSA) is 134 Å². The normalized spacial score (nSPS) is 15.4. The van der Waals surface area contributed by atoms with E-state index in [0.717, 1.165) is 15.1 Å². The number of H-pyrrole nitrogens is 1. The van der Waals surface area contributed by atoms with Crippen molar-refractivity contribution in [3.63, 3.8) is 0 Å². The molecule has 0 fully saturated rings. The summed E-state index contributed by atoms with van der Waals surface area (Å²) in [4.78, 5) is 26.2. The monoisotopic (exact) mass is 620 g/mol. The van der Waals surface area contributed by atoms with Crippen LogP contribution in [0.25, 0.3) is 5.69 Å². The lowest BCUT2D eigenvalue weighted by atomic mass is 10.0. The van der Waals surface area contributed by atoms with Crippen LogP contribution in [0.1, 0.15) is 28.4 Å². The van der Waals surface area contributed by atoms with Crippen LogP contribution in [-0.4, -0.2) is 40.2 Å². The van der Waals surface area contributed by atoms with Crippen molar-refractivity contribution < 1.29 is 27.5 Å². The lowest BCUT2D eigenvalue weighted by molar-refractivity contribution is -0.133. The van der Waals surface area contributed by atoms with E-state index >= 15 is 0 Å². The van der Waals surface area contributed by atoms with Crippen LogP contribution in [0.3, 0.4) is 0 Å². The molecule has 2 heterocycles. The molecular formula is C27H23Cl2FN4O6S. The minimum Gasteiger partial charge on any atom is -0.489 e. The molecule has 1 aliphatic rings. The van der Waals surface area contributed by atoms with Crippen molar-refractivity contribution in [1.82, 2.24) is 19.6 Å². The molecule has 0 aliphatic carbocycles. The van der Waals surface area contributed by atoms with E-state index in [1.165, 1.54) is 41.9 Å². The Morgan fingerprint density at radius 2 is 1.88 bits per heavy atom. The zero-order chi connectivity index (χ0) is 29.5. The van der Waals surface area contributed by atoms with Gasteiger partial charge in [-0.05, 0) is 61.0 Å². The first-order chi connectivity index (χ1) is 19.5. The number of amides is 1. The molecule has 1 aliphatic heterocycles. The summed E-state index contributed by atoms with van der Waals surface area (Å²) in [6.45, 7) is 1.61. The fourth-order valence-corrected chi connectivity index (χ4v) is 6.71. The summed E-state index contributed by atoms with van der Waals surface area (Å²) in [5.74, 6) is -1.34. The summed E-state index contributed by atoms with van der Waals surface area (Å²) in [6, 6.07) is 12.7. The quantitative estimate of drug-likeness (QED) is 0.208. The molecule has 1 unspecified atom stereocenters. The van der Waals surface area contributed by atoms with Crippen molar-refractivity contribution in [2.75, 3.05) is 6.54 Å². The molecule has 5 rings (SSSR count). The number of nitrogens with one attached hydrogen (secondary N) is 2. The van der Waals surface area contributed by atoms with Crippen LogP contribution in [-0.2, 0) is 27.8 Å². The number of halogens is 3. The average molecular weight is 621 g/mol. The summed E-state index contributed by atoms with van der Waals surface area (Å²) in [5.41, 5.74) is 2.31. The first kappa shape index (κ1) is 28.8. The molecule has 214 valence electrons. The molecule has 4 aromatic rings. The number of carbonyl (C=O) groups is 1. The minimum atomic E-state index is -4.34. The number of hydrogen-bond acceptors (Lipinski definition) is 6. The lowest BCUT2D eigenvalue weighted by Crippen LogP contribution is -2.48. The van der Waals surface area contributed by atoms with Gasteiger partial charge in [0.05, 0.1) is 16.1 Å². The highest BCUT2D eigenvalue weighted by Gasteiger charge is 2.44. The van der Waals surface area contributed by atoms with Crippen LogP contribution in [0.15, 0.2) is 70.4 Å². The zero-order valence-electron chi connectivity index (χ0n) is 21.4. The first-order valence-corrected chi connectivity index (χ1v) is 14.4. The predicted octanol–water partition coefficient (Wildman–Crippen LogP) is 4.29. The Hall–Kier alpha value is -3.68. The second-order valence-electron chi connectivity index (χ2n) is 9.32. The molecule has 0 saturated carbocycles. The highest BCUT2D eigenvalue weighted by atomic mass is 35.5. The molecule has 3 N–H and O–H groups in total. The van der Waals surface area contributed by atoms with Crippen LogP contribution in [0.5, 0.6) is 5.75 Å². The number of ether oxygens (including phenoxy) is 1. The van der Waals surface area contributed by atoms with E-state index in [9.17, 15) is 27.6 Å². The standard InChI is InChI=1S/C27H23Cl2FN4O6S/c1-15-2-5-18(30)13-23(15)34-27(36)24-22(31-34)10-11-33(25(24)26(35)32-37)41(38,39)20-8-6-19(7-9-20)40-14-16-3-4-17(28)12-21(16)29/h2-9,12-13,25,31,37H,10-11,14H2,1H3,(H,32,35). The SMILES string of the molecule is Cc1ccc(F)cc1-n1[nH]c2c(c1=O)C(C(=O)NO)N(S(=O)(=O)c1ccc(OCc3ccc(Cl)cc3Cl)cc1)CC2. The second kappa shape index (κ2) is 11.3. The zero-order valence-corrected chi connectivity index (χ0v) is 23.7. The van der Waals surface area contributed by atoms with Crippen LogP contribution in [0, 0.1) is 12.7 Å². The van der Waals surface area contributed by atoms with Gasteiger partial charge in [0.1, 0.15) is 24.2 Å². The maximum Gasteiger partial charge on any atom is 0.276 e. The number of aromatic nitrogens is 2. The van der Waals surface area contributed by atoms with Gasteiger partial charge in [0, 0.05) is 34.3 Å². The van der Waals surface area contributed by atoms with Crippen molar-refractivity contribution in [1.29, 1.82) is 0 Å². The van der Waals surface area contributed by atoms with Gasteiger partial charge < -0.3 is 4.74 Å². The van der Waals surface area contributed by atoms with Gasteiger partial charge in [0.25, 0.3) is 11.5 Å². The van der Waals surface area contributed by atoms with Gasteiger partial charge in [-0.15, -0.1) is 0 Å². The highest BCUT2D eigenvalue weighted by Crippen LogP contribution is 2.33. The van der Waals surface area contributed by atoms with Gasteiger partial charge in [0.15, 0.2) is 0 Å². The Bertz CT molecular complexity index is 1810. The Kier molecular flexibility index (Phi) is 7.95. The largest absolute Gasteiger partial charge is 0.489 e. The van der Waals surface area contributed by atoms with Gasteiger partial charge in [-0.2, -0.15) is 4.31 Å². The molecule has 41 heavy (non-hydrogen) atoms. The van der Waals surface area contributed by atoms with Crippen LogP contribution >= 0.6 is 23.2 Å². The average Bonchev–Trinajstić information content (AvgIpc) is 3.29. The maximum absolute atomic E-state index is 14.0. The number of benzene rings is 3. The number of hydroxylamine groups is 1. The number of nitrogens with zero attached hydrogens (tertiary/aromatic N) is 2. The number of aromatic amines is 1. The minimum absolute atomic E-state index is 0.0589. The Balaban J connectivity index is 1.45. The van der Waals surface area contributed by atoms with E-state index in [2.05, 4.69) is 5.10 Å². The molecule has 1 amide bonds. The molecule has 10 nitrogen and oxygen atoms in total. The Morgan fingerprint density at radius 3 is 2.56 bits per heavy atom. The van der Waals surface area contributed by atoms with E-state index in [1.54, 1.807) is 25.1 Å². The molecule has 0 spiro atoms. The first-order valence-electron chi connectivity index (χ1n) is 12.2. The van der Waals surface area contributed by atoms with Gasteiger partial charge in [-0.25, -0.2) is 23.0 Å². The van der Waals surface area contributed by atoms with E-state index in [1.807, 2.05) is 0 Å². The van der Waals surface area contributed by atoms with Crippen molar-refractivity contribution in [3.8, 4) is 11.4 Å². The molecular weight excluding hydrogens is 598 g/mol. The van der Waals surface area contributed by atoms with E-state index in [0.29, 0.717) is 32.6 Å². The molecule has 1 atom stereocenters. The number of carbonyl (C=O) groups excluding carboxylic acids is 1. The summed E-state index contributed by atoms with van der Waals surface area (Å²) >= 11 is 12.1. The summed E-state index contributed by atoms with van der Waals surface area (Å²) < 4.78 is 49.0. The maximum atomic E-state index is 14.0. The van der Waals surface area contributed by atoms with Crippen LogP contribution in [0.2, 0.25) is 10.0 Å². The van der Waals surface area contributed by atoms with Crippen molar-refractivity contribution in [2.45, 2.75) is 30.9 Å². The van der Waals surface area contributed by atoms with Gasteiger partial charge in [-0.3, -0.25) is 19.9 Å². The Labute approximate surface area is 243 Å². The summed E-state index contributed by atoms with van der Waals surface area (Å²) in [6.07, 6.45) is 0.0589. The van der Waals surface area contributed by atoms with Crippen molar-refractivity contribution in [2.24, 2.45) is 0 Å². The number of rotatable bonds is 7. The summed E-state index contributed by atoms with van der Waals surface area (Å²) in [7, 11) is -4.34. The van der Waals surface area contributed by atoms with Crippen molar-refractivity contribution in [3.05, 3.63) is 109 Å². The summed E-state index contributed by atoms with van der Waals surface area (Å²) in [5, 5.41) is 13.2. The molecule has 0 radical (unpaired) electrons. The molecule has 1 aromatic heterocycles. The highest BCUT2D eigenvalue weighted by molar-refractivity contribution is 7.89. The van der Waals surface area contributed by atoms with Crippen LogP contribution < -0.4 is 15.8 Å². The predicted molar refractivity (Wildman–Crippen MR) is 149 cm³/mol. The number of fused-ring (bicyclic) bond motifs is 1. The Morgan fingerprint density at radius 1 is 1.15 bits per heavy atom. The van der Waals surface area contributed by atoms with Crippen LogP contribution in [0.4, 0.5) is 4.39 Å². The smallest absolute Gasteiger partial charge is 0.276 e. The van der Waals surface area contributed by atoms with Gasteiger partial charge in [0.2, 0.25) is 10.0 Å². The molecule has 3 aromatic carbocycles. The molecule has 0 saturated heterocycles. The lowest BCUT2D eigenvalue weighted by Gasteiger charge is -2.32. The van der Waals surface area contributed by atoms with E-state index in [4.69, 9.17) is 27.9 Å². The second-order valence-corrected chi connectivity index (χ2v) is 12.0. The third kappa shape index (κ3) is 5.48. The van der Waals surface area contributed by atoms with Gasteiger partial charge >= 0.3 is 0 Å². The molecule has 14 heteroatoms. The fourth-order valence-electron chi connectivity index (χ4n) is 4.68. The third-order valence-corrected chi connectivity index (χ3v) is 9.23. The number of sulfonamides is 1. The van der Waals surface area contributed by atoms with E-state index in [-0.39, 0.29) is 35.7 Å². The number of aryl methyl sites for hydroxylation is 1. The van der Waals surface area contributed by atoms with E-state index < -0.39 is 33.3 Å². The van der Waals surface area contributed by atoms with Crippen molar-refractivity contribution >= 4 is 39.1 Å². The van der Waals surface area contributed by atoms with Gasteiger partial charge in [-0.1, -0.05) is 35.3 Å².